The normalized spacial score (nSPS) is 11.2. The van der Waals surface area contributed by atoms with Crippen LogP contribution in [0.3, 0.4) is 0 Å². The zero-order chi connectivity index (χ0) is 21.0. The Balaban J connectivity index is 1.73. The minimum Gasteiger partial charge on any atom is -0.497 e. The number of rotatable bonds is 6. The second kappa shape index (κ2) is 8.17. The maximum Gasteiger partial charge on any atom is 0.416 e. The summed E-state index contributed by atoms with van der Waals surface area (Å²) in [6, 6.07) is 9.44. The number of nitrogens with zero attached hydrogens (tertiary/aromatic N) is 4. The van der Waals surface area contributed by atoms with E-state index in [-0.39, 0.29) is 17.9 Å². The van der Waals surface area contributed by atoms with Crippen LogP contribution in [0.4, 0.5) is 18.9 Å². The van der Waals surface area contributed by atoms with E-state index in [0.717, 1.165) is 16.9 Å². The lowest BCUT2D eigenvalue weighted by Gasteiger charge is -2.11. The van der Waals surface area contributed by atoms with E-state index in [1.165, 1.54) is 26.4 Å². The van der Waals surface area contributed by atoms with Crippen LogP contribution in [0.25, 0.3) is 11.4 Å². The van der Waals surface area contributed by atoms with Crippen LogP contribution in [-0.4, -0.2) is 40.3 Å². The van der Waals surface area contributed by atoms with E-state index in [4.69, 9.17) is 9.47 Å². The van der Waals surface area contributed by atoms with Crippen molar-refractivity contribution in [1.29, 1.82) is 0 Å². The summed E-state index contributed by atoms with van der Waals surface area (Å²) in [4.78, 5) is 13.3. The fraction of sp³-hybridized carbons (Fsp3) is 0.222. The fourth-order valence-electron chi connectivity index (χ4n) is 2.49. The van der Waals surface area contributed by atoms with Gasteiger partial charge in [-0.15, -0.1) is 10.2 Å². The molecule has 0 radical (unpaired) electrons. The van der Waals surface area contributed by atoms with Gasteiger partial charge in [-0.1, -0.05) is 12.1 Å². The Hall–Kier alpha value is -3.63. The number of anilines is 1. The smallest absolute Gasteiger partial charge is 0.416 e. The van der Waals surface area contributed by atoms with E-state index in [9.17, 15) is 18.0 Å². The van der Waals surface area contributed by atoms with E-state index in [1.807, 2.05) is 0 Å². The van der Waals surface area contributed by atoms with Crippen molar-refractivity contribution in [1.82, 2.24) is 20.2 Å². The van der Waals surface area contributed by atoms with Gasteiger partial charge in [-0.3, -0.25) is 4.79 Å². The summed E-state index contributed by atoms with van der Waals surface area (Å²) < 4.78 is 48.8. The van der Waals surface area contributed by atoms with Gasteiger partial charge < -0.3 is 14.8 Å². The zero-order valence-electron chi connectivity index (χ0n) is 15.4. The summed E-state index contributed by atoms with van der Waals surface area (Å²) in [6.07, 6.45) is -4.48. The first-order valence-electron chi connectivity index (χ1n) is 8.27. The molecule has 0 aliphatic rings. The molecule has 0 aliphatic carbocycles. The van der Waals surface area contributed by atoms with Crippen LogP contribution in [0.1, 0.15) is 5.56 Å². The van der Waals surface area contributed by atoms with E-state index >= 15 is 0 Å². The molecule has 152 valence electrons. The van der Waals surface area contributed by atoms with E-state index < -0.39 is 17.6 Å². The maximum absolute atomic E-state index is 12.9. The highest BCUT2D eigenvalue weighted by molar-refractivity contribution is 5.92. The highest BCUT2D eigenvalue weighted by Gasteiger charge is 2.30. The first-order chi connectivity index (χ1) is 13.8. The number of methoxy groups -OCH3 is 2. The number of halogens is 3. The lowest BCUT2D eigenvalue weighted by Crippen LogP contribution is -2.20. The Kier molecular flexibility index (Phi) is 5.66. The minimum absolute atomic E-state index is 0.0251. The van der Waals surface area contributed by atoms with Crippen molar-refractivity contribution < 1.29 is 27.4 Å². The van der Waals surface area contributed by atoms with Crippen LogP contribution < -0.4 is 14.8 Å². The molecule has 0 spiro atoms. The molecule has 1 heterocycles. The topological polar surface area (TPSA) is 91.2 Å². The quantitative estimate of drug-likeness (QED) is 0.676. The third-order valence-electron chi connectivity index (χ3n) is 3.87. The van der Waals surface area contributed by atoms with Crippen LogP contribution >= 0.6 is 0 Å². The number of hydrogen-bond donors (Lipinski definition) is 1. The zero-order valence-corrected chi connectivity index (χ0v) is 15.4. The van der Waals surface area contributed by atoms with E-state index in [0.29, 0.717) is 17.2 Å². The molecule has 8 nitrogen and oxygen atoms in total. The number of nitrogens with one attached hydrogen (secondary N) is 1. The predicted molar refractivity (Wildman–Crippen MR) is 96.4 cm³/mol. The highest BCUT2D eigenvalue weighted by Crippen LogP contribution is 2.31. The van der Waals surface area contributed by atoms with Crippen molar-refractivity contribution in [2.75, 3.05) is 19.5 Å². The summed E-state index contributed by atoms with van der Waals surface area (Å²) in [6.45, 7) is -0.299. The number of ether oxygens (including phenoxy) is 2. The molecule has 3 aromatic rings. The lowest BCUT2D eigenvalue weighted by atomic mass is 10.1. The molecular formula is C18H16F3N5O3. The number of alkyl halides is 3. The van der Waals surface area contributed by atoms with Gasteiger partial charge in [0.15, 0.2) is 0 Å². The van der Waals surface area contributed by atoms with Crippen LogP contribution in [0.2, 0.25) is 0 Å². The van der Waals surface area contributed by atoms with Crippen LogP contribution in [0.5, 0.6) is 11.5 Å². The van der Waals surface area contributed by atoms with Crippen molar-refractivity contribution in [3.63, 3.8) is 0 Å². The van der Waals surface area contributed by atoms with Crippen molar-refractivity contribution >= 4 is 11.6 Å². The molecule has 0 bridgehead atoms. The molecule has 29 heavy (non-hydrogen) atoms. The van der Waals surface area contributed by atoms with Crippen LogP contribution in [0, 0.1) is 0 Å². The van der Waals surface area contributed by atoms with Crippen molar-refractivity contribution in [2.24, 2.45) is 0 Å². The SMILES string of the molecule is COc1ccc(OC)c(NC(=O)Cn2nnc(-c3cccc(C(F)(F)F)c3)n2)c1. The minimum atomic E-state index is -4.48. The second-order valence-electron chi connectivity index (χ2n) is 5.84. The molecule has 1 aromatic heterocycles. The van der Waals surface area contributed by atoms with E-state index in [2.05, 4.69) is 20.7 Å². The van der Waals surface area contributed by atoms with Gasteiger partial charge in [0, 0.05) is 11.6 Å². The number of carbonyl (C=O) groups excluding carboxylic acids is 1. The molecule has 0 atom stereocenters. The number of tetrazole rings is 1. The first kappa shape index (κ1) is 20.1. The van der Waals surface area contributed by atoms with Gasteiger partial charge in [-0.2, -0.15) is 18.0 Å². The molecule has 0 aliphatic heterocycles. The molecule has 0 fully saturated rings. The van der Waals surface area contributed by atoms with Crippen molar-refractivity contribution in [3.8, 4) is 22.9 Å². The molecule has 2 aromatic carbocycles. The van der Waals surface area contributed by atoms with Gasteiger partial charge in [-0.25, -0.2) is 0 Å². The predicted octanol–water partition coefficient (Wildman–Crippen LogP) is 3.01. The summed E-state index contributed by atoms with van der Waals surface area (Å²) in [7, 11) is 2.94. The molecule has 1 N–H and O–H groups in total. The maximum atomic E-state index is 12.9. The lowest BCUT2D eigenvalue weighted by molar-refractivity contribution is -0.137. The Morgan fingerprint density at radius 2 is 1.93 bits per heavy atom. The average molecular weight is 407 g/mol. The van der Waals surface area contributed by atoms with Crippen molar-refractivity contribution in [2.45, 2.75) is 12.7 Å². The van der Waals surface area contributed by atoms with Gasteiger partial charge in [-0.05, 0) is 29.5 Å². The second-order valence-corrected chi connectivity index (χ2v) is 5.84. The number of carbonyl (C=O) groups is 1. The summed E-state index contributed by atoms with van der Waals surface area (Å²) >= 11 is 0. The Bertz CT molecular complexity index is 1020. The van der Waals surface area contributed by atoms with Crippen molar-refractivity contribution in [3.05, 3.63) is 48.0 Å². The molecule has 1 amide bonds. The summed E-state index contributed by atoms with van der Waals surface area (Å²) in [5.74, 6) is 0.439. The monoisotopic (exact) mass is 407 g/mol. The van der Waals surface area contributed by atoms with Gasteiger partial charge >= 0.3 is 6.18 Å². The largest absolute Gasteiger partial charge is 0.497 e. The number of benzene rings is 2. The third kappa shape index (κ3) is 4.81. The fourth-order valence-corrected chi connectivity index (χ4v) is 2.49. The number of hydrogen-bond acceptors (Lipinski definition) is 6. The molecule has 11 heteroatoms. The highest BCUT2D eigenvalue weighted by atomic mass is 19.4. The first-order valence-corrected chi connectivity index (χ1v) is 8.27. The standard InChI is InChI=1S/C18H16F3N5O3/c1-28-13-6-7-15(29-2)14(9-13)22-16(27)10-26-24-17(23-25-26)11-4-3-5-12(8-11)18(19,20)21/h3-9H,10H2,1-2H3,(H,22,27). The van der Waals surface area contributed by atoms with Gasteiger partial charge in [0.05, 0.1) is 25.5 Å². The third-order valence-corrected chi connectivity index (χ3v) is 3.87. The van der Waals surface area contributed by atoms with Gasteiger partial charge in [0.25, 0.3) is 0 Å². The molecule has 0 saturated heterocycles. The average Bonchev–Trinajstić information content (AvgIpc) is 3.15. The Labute approximate surface area is 163 Å². The number of aromatic nitrogens is 4. The molecule has 3 rings (SSSR count). The Morgan fingerprint density at radius 3 is 2.62 bits per heavy atom. The van der Waals surface area contributed by atoms with Crippen LogP contribution in [-0.2, 0) is 17.5 Å². The van der Waals surface area contributed by atoms with E-state index in [1.54, 1.807) is 18.2 Å². The summed E-state index contributed by atoms with van der Waals surface area (Å²) in [5.41, 5.74) is -0.301. The van der Waals surface area contributed by atoms with Gasteiger partial charge in [0.2, 0.25) is 11.7 Å². The molecule has 0 unspecified atom stereocenters. The van der Waals surface area contributed by atoms with Crippen LogP contribution in [0.15, 0.2) is 42.5 Å². The Morgan fingerprint density at radius 1 is 1.14 bits per heavy atom. The molecular weight excluding hydrogens is 391 g/mol. The molecule has 0 saturated carbocycles. The number of amides is 1. The summed E-state index contributed by atoms with van der Waals surface area (Å²) in [5, 5.41) is 14.1. The van der Waals surface area contributed by atoms with Gasteiger partial charge in [0.1, 0.15) is 18.0 Å².